The van der Waals surface area contributed by atoms with E-state index in [-0.39, 0.29) is 0 Å². The van der Waals surface area contributed by atoms with E-state index >= 15 is 0 Å². The van der Waals surface area contributed by atoms with Gasteiger partial charge in [0.2, 0.25) is 0 Å². The van der Waals surface area contributed by atoms with Gasteiger partial charge in [0.25, 0.3) is 4.03 Å². The fraction of sp³-hybridized carbons (Fsp3) is 0.500. The molecular formula is C24H36B2IN. The molecule has 4 heteroatoms. The summed E-state index contributed by atoms with van der Waals surface area (Å²) in [6, 6.07) is 9.62. The average molecular weight is 487 g/mol. The molecule has 0 aliphatic carbocycles. The topological polar surface area (TPSA) is 0 Å². The van der Waals surface area contributed by atoms with Gasteiger partial charge in [-0.15, -0.1) is 10.9 Å². The third-order valence-corrected chi connectivity index (χ3v) is 10.4. The van der Waals surface area contributed by atoms with Gasteiger partial charge < -0.3 is 4.39 Å². The second-order valence-electron chi connectivity index (χ2n) is 9.37. The molecule has 0 amide bonds. The first-order valence-electron chi connectivity index (χ1n) is 11.0. The van der Waals surface area contributed by atoms with Crippen LogP contribution in [-0.4, -0.2) is 34.7 Å². The van der Waals surface area contributed by atoms with E-state index in [1.807, 2.05) is 0 Å². The first-order valence-corrected chi connectivity index (χ1v) is 12.2. The van der Waals surface area contributed by atoms with E-state index in [0.717, 1.165) is 0 Å². The standard InChI is InChI=1S/C24H36B2IN/c1-9-28(10-2)12-11-25(23-19(5)13-17(3)14-20(23)6)26(28,27)24-21(7)15-18(4)16-22(24)8/h13-16H,9-12H2,1-8H3/t26-/m1/s1. The van der Waals surface area contributed by atoms with Crippen LogP contribution in [0.5, 0.6) is 0 Å². The smallest absolute Gasteiger partial charge is 0.262 e. The Hall–Kier alpha value is -0.740. The molecule has 3 rings (SSSR count). The fourth-order valence-electron chi connectivity index (χ4n) is 6.70. The predicted octanol–water partition coefficient (Wildman–Crippen LogP) is 4.97. The first kappa shape index (κ1) is 22.0. The van der Waals surface area contributed by atoms with Crippen LogP contribution >= 0.6 is 22.4 Å². The Labute approximate surface area is 186 Å². The third-order valence-electron chi connectivity index (χ3n) is 7.73. The molecule has 0 N–H and O–H groups in total. The highest BCUT2D eigenvalue weighted by Crippen LogP contribution is 2.40. The van der Waals surface area contributed by atoms with E-state index in [1.54, 1.807) is 10.9 Å². The van der Waals surface area contributed by atoms with Crippen LogP contribution < -0.4 is 10.9 Å². The van der Waals surface area contributed by atoms with Crippen molar-refractivity contribution >= 4 is 43.9 Å². The van der Waals surface area contributed by atoms with Gasteiger partial charge in [-0.1, -0.05) is 57.6 Å². The zero-order valence-corrected chi connectivity index (χ0v) is 21.3. The van der Waals surface area contributed by atoms with E-state index in [4.69, 9.17) is 0 Å². The molecule has 0 aromatic heterocycles. The van der Waals surface area contributed by atoms with Gasteiger partial charge in [0, 0.05) is 19.6 Å². The lowest BCUT2D eigenvalue weighted by molar-refractivity contribution is -0.815. The molecule has 0 spiro atoms. The summed E-state index contributed by atoms with van der Waals surface area (Å²) < 4.78 is 0.428. The van der Waals surface area contributed by atoms with Crippen LogP contribution in [0.4, 0.5) is 0 Å². The van der Waals surface area contributed by atoms with Gasteiger partial charge in [0.05, 0.1) is 0 Å². The minimum atomic E-state index is -0.811. The molecule has 1 heterocycles. The summed E-state index contributed by atoms with van der Waals surface area (Å²) in [5.74, 6) is 0. The summed E-state index contributed by atoms with van der Waals surface area (Å²) in [4.78, 5) is 0. The summed E-state index contributed by atoms with van der Waals surface area (Å²) in [6.45, 7) is 23.0. The Bertz CT molecular complexity index is 857. The van der Waals surface area contributed by atoms with Gasteiger partial charge in [-0.3, -0.25) is 22.4 Å². The third kappa shape index (κ3) is 3.19. The minimum Gasteiger partial charge on any atom is -0.510 e. The Morgan fingerprint density at radius 2 is 1.25 bits per heavy atom. The number of rotatable bonds is 4. The lowest BCUT2D eigenvalue weighted by Gasteiger charge is -2.56. The van der Waals surface area contributed by atoms with Crippen molar-refractivity contribution in [2.24, 2.45) is 0 Å². The highest BCUT2D eigenvalue weighted by Gasteiger charge is 2.57. The van der Waals surface area contributed by atoms with Crippen molar-refractivity contribution in [2.45, 2.75) is 61.7 Å². The zero-order chi connectivity index (χ0) is 20.9. The van der Waals surface area contributed by atoms with Crippen LogP contribution in [0.3, 0.4) is 0 Å². The molecule has 2 aromatic rings. The SMILES string of the molecule is CC[N+]1(CC)CCB(c2c(C)cc(C)cc2C)[B@@-]1(I)c1c(C)cc(C)cc1C. The molecular weight excluding hydrogens is 451 g/mol. The first-order chi connectivity index (χ1) is 13.1. The fourth-order valence-corrected chi connectivity index (χ4v) is 9.47. The molecule has 150 valence electrons. The van der Waals surface area contributed by atoms with E-state index < -0.39 is 4.03 Å². The molecule has 2 aromatic carbocycles. The highest BCUT2D eigenvalue weighted by molar-refractivity contribution is 14.1. The number of quaternary nitrogens is 1. The van der Waals surface area contributed by atoms with Gasteiger partial charge in [-0.25, -0.2) is 0 Å². The average Bonchev–Trinajstić information content (AvgIpc) is 2.87. The van der Waals surface area contributed by atoms with Crippen LogP contribution in [0, 0.1) is 41.5 Å². The van der Waals surface area contributed by atoms with Gasteiger partial charge in [-0.2, -0.15) is 0 Å². The predicted molar refractivity (Wildman–Crippen MR) is 137 cm³/mol. The number of hydrogen-bond acceptors (Lipinski definition) is 0. The number of hydrogen-bond donors (Lipinski definition) is 0. The second kappa shape index (κ2) is 7.83. The van der Waals surface area contributed by atoms with Crippen molar-refractivity contribution in [3.05, 3.63) is 57.6 Å². The molecule has 1 saturated heterocycles. The van der Waals surface area contributed by atoms with Crippen molar-refractivity contribution in [1.29, 1.82) is 0 Å². The summed E-state index contributed by atoms with van der Waals surface area (Å²) in [7, 11) is 0. The van der Waals surface area contributed by atoms with Crippen molar-refractivity contribution in [2.75, 3.05) is 19.6 Å². The lowest BCUT2D eigenvalue weighted by atomic mass is 9.09. The van der Waals surface area contributed by atoms with Crippen LogP contribution in [-0.2, 0) is 0 Å². The molecule has 1 aliphatic rings. The monoisotopic (exact) mass is 487 g/mol. The van der Waals surface area contributed by atoms with Crippen molar-refractivity contribution in [1.82, 2.24) is 0 Å². The molecule has 0 radical (unpaired) electrons. The Morgan fingerprint density at radius 1 is 0.821 bits per heavy atom. The quantitative estimate of drug-likeness (QED) is 0.422. The highest BCUT2D eigenvalue weighted by atomic mass is 127. The van der Waals surface area contributed by atoms with Crippen molar-refractivity contribution in [3.63, 3.8) is 0 Å². The Kier molecular flexibility index (Phi) is 6.14. The van der Waals surface area contributed by atoms with E-state index in [2.05, 4.69) is 102 Å². The van der Waals surface area contributed by atoms with Crippen LogP contribution in [0.15, 0.2) is 24.3 Å². The summed E-state index contributed by atoms with van der Waals surface area (Å²) in [5, 5.41) is 0. The maximum Gasteiger partial charge on any atom is 0.262 e. The molecule has 1 aliphatic heterocycles. The number of halogens is 1. The number of benzene rings is 2. The van der Waals surface area contributed by atoms with Gasteiger partial charge in [0.1, 0.15) is 6.60 Å². The number of aryl methyl sites for hydroxylation is 6. The zero-order valence-electron chi connectivity index (χ0n) is 19.1. The van der Waals surface area contributed by atoms with Crippen molar-refractivity contribution < 1.29 is 4.39 Å². The second-order valence-corrected chi connectivity index (χ2v) is 11.3. The van der Waals surface area contributed by atoms with Gasteiger partial charge in [0.15, 0.2) is 0 Å². The summed E-state index contributed by atoms with van der Waals surface area (Å²) in [6.07, 6.45) is 1.29. The summed E-state index contributed by atoms with van der Waals surface area (Å²) in [5.41, 5.74) is 12.0. The minimum absolute atomic E-state index is 0.612. The number of nitrogens with zero attached hydrogens (tertiary/aromatic N) is 1. The maximum atomic E-state index is 2.95. The lowest BCUT2D eigenvalue weighted by Crippen LogP contribution is -2.76. The van der Waals surface area contributed by atoms with Crippen LogP contribution in [0.2, 0.25) is 6.32 Å². The van der Waals surface area contributed by atoms with E-state index in [1.165, 1.54) is 63.7 Å². The van der Waals surface area contributed by atoms with Crippen LogP contribution in [0.25, 0.3) is 0 Å². The molecule has 1 fully saturated rings. The summed E-state index contributed by atoms with van der Waals surface area (Å²) >= 11 is 2.95. The Morgan fingerprint density at radius 3 is 1.68 bits per heavy atom. The van der Waals surface area contributed by atoms with Crippen molar-refractivity contribution in [3.8, 4) is 0 Å². The molecule has 0 saturated carbocycles. The van der Waals surface area contributed by atoms with Gasteiger partial charge >= 0.3 is 0 Å². The molecule has 28 heavy (non-hydrogen) atoms. The molecule has 1 atom stereocenters. The normalized spacial score (nSPS) is 21.4. The molecule has 0 bridgehead atoms. The largest absolute Gasteiger partial charge is 0.510 e. The van der Waals surface area contributed by atoms with E-state index in [0.29, 0.717) is 6.60 Å². The van der Waals surface area contributed by atoms with Gasteiger partial charge in [-0.05, 0) is 61.7 Å². The Balaban J connectivity index is 2.34. The molecule has 0 unspecified atom stereocenters. The van der Waals surface area contributed by atoms with Crippen LogP contribution in [0.1, 0.15) is 47.2 Å². The molecule has 1 nitrogen and oxygen atoms in total. The van der Waals surface area contributed by atoms with E-state index in [9.17, 15) is 0 Å². The maximum absolute atomic E-state index is 2.95.